The van der Waals surface area contributed by atoms with Crippen molar-refractivity contribution in [1.29, 1.82) is 0 Å². The van der Waals surface area contributed by atoms with Crippen LogP contribution < -0.4 is 5.32 Å². The summed E-state index contributed by atoms with van der Waals surface area (Å²) < 4.78 is 39.6. The van der Waals surface area contributed by atoms with Gasteiger partial charge in [0.2, 0.25) is 0 Å². The topological polar surface area (TPSA) is 12.0 Å². The maximum absolute atomic E-state index is 13.0. The van der Waals surface area contributed by atoms with E-state index in [1.54, 1.807) is 18.2 Å². The average molecular weight is 351 g/mol. The van der Waals surface area contributed by atoms with Gasteiger partial charge in [-0.2, -0.15) is 0 Å². The number of hydrogen-bond acceptors (Lipinski definition) is 1. The van der Waals surface area contributed by atoms with E-state index in [-0.39, 0.29) is 6.54 Å². The van der Waals surface area contributed by atoms with Crippen molar-refractivity contribution in [3.8, 4) is 0 Å². The van der Waals surface area contributed by atoms with Crippen LogP contribution in [0.3, 0.4) is 0 Å². The Hall–Kier alpha value is -1.20. The number of halogens is 5. The van der Waals surface area contributed by atoms with E-state index in [1.807, 2.05) is 0 Å². The summed E-state index contributed by atoms with van der Waals surface area (Å²) in [7, 11) is 0. The summed E-state index contributed by atoms with van der Waals surface area (Å²) in [5, 5.41) is 3.54. The van der Waals surface area contributed by atoms with Gasteiger partial charge in [-0.05, 0) is 51.8 Å². The van der Waals surface area contributed by atoms with E-state index in [2.05, 4.69) is 21.2 Å². The lowest BCUT2D eigenvalue weighted by atomic mass is 10.2. The summed E-state index contributed by atoms with van der Waals surface area (Å²) in [6.45, 7) is 0.161. The second-order valence-corrected chi connectivity index (χ2v) is 5.14. The molecular formula is C13H8BrClF3N. The van der Waals surface area contributed by atoms with Crippen LogP contribution in [0.25, 0.3) is 0 Å². The molecule has 19 heavy (non-hydrogen) atoms. The van der Waals surface area contributed by atoms with Gasteiger partial charge in [0, 0.05) is 21.7 Å². The minimum atomic E-state index is -1.46. The summed E-state index contributed by atoms with van der Waals surface area (Å²) in [4.78, 5) is 0. The van der Waals surface area contributed by atoms with Crippen LogP contribution in [0.15, 0.2) is 34.8 Å². The highest BCUT2D eigenvalue weighted by atomic mass is 79.9. The van der Waals surface area contributed by atoms with Gasteiger partial charge in [-0.3, -0.25) is 0 Å². The first-order valence-corrected chi connectivity index (χ1v) is 6.47. The molecule has 0 atom stereocenters. The Balaban J connectivity index is 2.14. The minimum Gasteiger partial charge on any atom is -0.380 e. The van der Waals surface area contributed by atoms with Crippen LogP contribution in [0.4, 0.5) is 18.9 Å². The predicted octanol–water partition coefficient (Wildman–Crippen LogP) is 5.13. The van der Waals surface area contributed by atoms with Crippen LogP contribution in [-0.2, 0) is 6.54 Å². The van der Waals surface area contributed by atoms with Crippen molar-refractivity contribution in [2.45, 2.75) is 6.54 Å². The summed E-state index contributed by atoms with van der Waals surface area (Å²) in [6, 6.07) is 7.00. The Kier molecular flexibility index (Phi) is 4.37. The molecule has 0 amide bonds. The molecule has 0 spiro atoms. The second kappa shape index (κ2) is 5.84. The molecule has 2 aromatic carbocycles. The van der Waals surface area contributed by atoms with Crippen molar-refractivity contribution in [2.24, 2.45) is 0 Å². The van der Waals surface area contributed by atoms with Crippen LogP contribution in [0, 0.1) is 17.5 Å². The highest BCUT2D eigenvalue weighted by Crippen LogP contribution is 2.26. The molecule has 0 heterocycles. The third kappa shape index (κ3) is 3.42. The van der Waals surface area contributed by atoms with Gasteiger partial charge >= 0.3 is 0 Å². The number of nitrogens with one attached hydrogen (secondary N) is 1. The third-order valence-electron chi connectivity index (χ3n) is 2.46. The Bertz CT molecular complexity index is 596. The molecule has 1 nitrogen and oxygen atoms in total. The molecule has 0 aliphatic heterocycles. The predicted molar refractivity (Wildman–Crippen MR) is 72.8 cm³/mol. The van der Waals surface area contributed by atoms with Crippen molar-refractivity contribution in [3.05, 3.63) is 62.8 Å². The molecule has 0 unspecified atom stereocenters. The maximum atomic E-state index is 13.0. The molecule has 0 aliphatic carbocycles. The van der Waals surface area contributed by atoms with E-state index in [0.29, 0.717) is 10.6 Å². The first-order chi connectivity index (χ1) is 8.97. The first-order valence-electron chi connectivity index (χ1n) is 5.29. The molecule has 2 rings (SSSR count). The fourth-order valence-electron chi connectivity index (χ4n) is 1.54. The lowest BCUT2D eigenvalue weighted by Gasteiger charge is -2.09. The Morgan fingerprint density at radius 2 is 1.68 bits per heavy atom. The molecule has 2 aromatic rings. The van der Waals surface area contributed by atoms with E-state index in [1.165, 1.54) is 0 Å². The molecule has 0 saturated carbocycles. The number of benzene rings is 2. The summed E-state index contributed by atoms with van der Waals surface area (Å²) in [6.07, 6.45) is 0. The molecule has 0 bridgehead atoms. The highest BCUT2D eigenvalue weighted by Gasteiger charge is 2.10. The van der Waals surface area contributed by atoms with Crippen molar-refractivity contribution >= 4 is 33.2 Å². The SMILES string of the molecule is Fc1cc(CNc2ccc(Cl)cc2Br)cc(F)c1F. The maximum Gasteiger partial charge on any atom is 0.194 e. The largest absolute Gasteiger partial charge is 0.380 e. The van der Waals surface area contributed by atoms with E-state index in [4.69, 9.17) is 11.6 Å². The number of hydrogen-bond donors (Lipinski definition) is 1. The minimum absolute atomic E-state index is 0.161. The monoisotopic (exact) mass is 349 g/mol. The molecule has 0 radical (unpaired) electrons. The van der Waals surface area contributed by atoms with Gasteiger partial charge in [-0.1, -0.05) is 11.6 Å². The highest BCUT2D eigenvalue weighted by molar-refractivity contribution is 9.10. The van der Waals surface area contributed by atoms with Gasteiger partial charge in [0.05, 0.1) is 0 Å². The van der Waals surface area contributed by atoms with Crippen molar-refractivity contribution in [1.82, 2.24) is 0 Å². The van der Waals surface area contributed by atoms with Gasteiger partial charge in [0.15, 0.2) is 17.5 Å². The van der Waals surface area contributed by atoms with Gasteiger partial charge in [-0.15, -0.1) is 0 Å². The third-order valence-corrected chi connectivity index (χ3v) is 3.35. The zero-order valence-electron chi connectivity index (χ0n) is 9.48. The van der Waals surface area contributed by atoms with E-state index in [9.17, 15) is 13.2 Å². The van der Waals surface area contributed by atoms with E-state index >= 15 is 0 Å². The molecule has 0 saturated heterocycles. The standard InChI is InChI=1S/C13H8BrClF3N/c14-9-5-8(15)1-2-12(9)19-6-7-3-10(16)13(18)11(17)4-7/h1-5,19H,6H2. The molecular weight excluding hydrogens is 343 g/mol. The van der Waals surface area contributed by atoms with Gasteiger partial charge in [0.1, 0.15) is 0 Å². The average Bonchev–Trinajstić information content (AvgIpc) is 2.34. The van der Waals surface area contributed by atoms with E-state index in [0.717, 1.165) is 22.3 Å². The zero-order valence-corrected chi connectivity index (χ0v) is 11.8. The fraction of sp³-hybridized carbons (Fsp3) is 0.0769. The lowest BCUT2D eigenvalue weighted by Crippen LogP contribution is -2.02. The number of anilines is 1. The molecule has 1 N–H and O–H groups in total. The molecule has 0 aliphatic rings. The van der Waals surface area contributed by atoms with Gasteiger partial charge in [-0.25, -0.2) is 13.2 Å². The Labute approximate surface area is 121 Å². The van der Waals surface area contributed by atoms with Gasteiger partial charge < -0.3 is 5.32 Å². The summed E-state index contributed by atoms with van der Waals surface area (Å²) in [5.74, 6) is -3.87. The van der Waals surface area contributed by atoms with Crippen LogP contribution in [0.1, 0.15) is 5.56 Å². The molecule has 6 heteroatoms. The number of rotatable bonds is 3. The lowest BCUT2D eigenvalue weighted by molar-refractivity contribution is 0.445. The van der Waals surface area contributed by atoms with Crippen molar-refractivity contribution in [3.63, 3.8) is 0 Å². The fourth-order valence-corrected chi connectivity index (χ4v) is 2.36. The van der Waals surface area contributed by atoms with Crippen LogP contribution in [0.2, 0.25) is 5.02 Å². The van der Waals surface area contributed by atoms with Crippen LogP contribution in [0.5, 0.6) is 0 Å². The first kappa shape index (κ1) is 14.2. The normalized spacial score (nSPS) is 10.6. The Morgan fingerprint density at radius 3 is 2.26 bits per heavy atom. The van der Waals surface area contributed by atoms with Crippen molar-refractivity contribution in [2.75, 3.05) is 5.32 Å². The van der Waals surface area contributed by atoms with Crippen molar-refractivity contribution < 1.29 is 13.2 Å². The van der Waals surface area contributed by atoms with E-state index < -0.39 is 17.5 Å². The molecule has 0 fully saturated rings. The van der Waals surface area contributed by atoms with Crippen LogP contribution in [-0.4, -0.2) is 0 Å². The molecule has 100 valence electrons. The second-order valence-electron chi connectivity index (χ2n) is 3.85. The smallest absolute Gasteiger partial charge is 0.194 e. The summed E-state index contributed by atoms with van der Waals surface area (Å²) in [5.41, 5.74) is 1.02. The summed E-state index contributed by atoms with van der Waals surface area (Å²) >= 11 is 9.10. The van der Waals surface area contributed by atoms with Crippen LogP contribution >= 0.6 is 27.5 Å². The molecule has 0 aromatic heterocycles. The quantitative estimate of drug-likeness (QED) is 0.757. The van der Waals surface area contributed by atoms with Gasteiger partial charge in [0.25, 0.3) is 0 Å². The Morgan fingerprint density at radius 1 is 1.05 bits per heavy atom. The zero-order chi connectivity index (χ0) is 14.0.